The Hall–Kier alpha value is -3.62. The smallest absolute Gasteiger partial charge is 0.281 e. The summed E-state index contributed by atoms with van der Waals surface area (Å²) in [5.74, 6) is 1.51. The van der Waals surface area contributed by atoms with E-state index in [4.69, 9.17) is 4.74 Å². The number of rotatable bonds is 4. The van der Waals surface area contributed by atoms with Crippen LogP contribution < -0.4 is 10.3 Å². The largest absolute Gasteiger partial charge is 0.493 e. The van der Waals surface area contributed by atoms with Crippen molar-refractivity contribution in [3.63, 3.8) is 0 Å². The topological polar surface area (TPSA) is 122 Å². The highest BCUT2D eigenvalue weighted by atomic mass is 16.5. The summed E-state index contributed by atoms with van der Waals surface area (Å²) in [5.41, 5.74) is 1.49. The molecule has 25 heavy (non-hydrogen) atoms. The summed E-state index contributed by atoms with van der Waals surface area (Å²) in [6, 6.07) is 7.23. The zero-order valence-corrected chi connectivity index (χ0v) is 13.2. The van der Waals surface area contributed by atoms with E-state index in [2.05, 4.69) is 35.3 Å². The Labute approximate surface area is 141 Å². The van der Waals surface area contributed by atoms with Crippen molar-refractivity contribution in [1.82, 2.24) is 35.3 Å². The Morgan fingerprint density at radius 3 is 2.80 bits per heavy atom. The zero-order valence-electron chi connectivity index (χ0n) is 13.2. The number of hydrogen-bond donors (Lipinski definition) is 2. The molecule has 1 aromatic carbocycles. The molecule has 0 amide bonds. The fourth-order valence-electron chi connectivity index (χ4n) is 2.46. The molecule has 0 spiro atoms. The van der Waals surface area contributed by atoms with Gasteiger partial charge in [-0.05, 0) is 25.1 Å². The summed E-state index contributed by atoms with van der Waals surface area (Å²) in [6.45, 7) is 2.34. The second-order valence-electron chi connectivity index (χ2n) is 5.13. The van der Waals surface area contributed by atoms with Crippen molar-refractivity contribution >= 4 is 11.2 Å². The Bertz CT molecular complexity index is 1090. The molecule has 124 valence electrons. The first-order valence-electron chi connectivity index (χ1n) is 7.61. The monoisotopic (exact) mass is 335 g/mol. The van der Waals surface area contributed by atoms with Gasteiger partial charge in [0.2, 0.25) is 5.65 Å². The van der Waals surface area contributed by atoms with Crippen molar-refractivity contribution in [2.45, 2.75) is 6.92 Å². The molecule has 0 aliphatic heterocycles. The van der Waals surface area contributed by atoms with Gasteiger partial charge in [-0.3, -0.25) is 4.79 Å². The van der Waals surface area contributed by atoms with Crippen molar-refractivity contribution < 1.29 is 4.74 Å². The number of hydrogen-bond acceptors (Lipinski definition) is 7. The Morgan fingerprint density at radius 1 is 1.16 bits per heavy atom. The molecular formula is C16H13N7O2. The maximum atomic E-state index is 12.1. The van der Waals surface area contributed by atoms with E-state index in [1.165, 1.54) is 0 Å². The van der Waals surface area contributed by atoms with E-state index in [0.717, 1.165) is 5.56 Å². The highest BCUT2D eigenvalue weighted by Gasteiger charge is 2.14. The summed E-state index contributed by atoms with van der Waals surface area (Å²) in [6.07, 6.45) is 3.35. The lowest BCUT2D eigenvalue weighted by Gasteiger charge is -2.11. The molecule has 0 aliphatic rings. The molecule has 0 unspecified atom stereocenters. The molecular weight excluding hydrogens is 322 g/mol. The average molecular weight is 335 g/mol. The molecule has 0 fully saturated rings. The fourth-order valence-corrected chi connectivity index (χ4v) is 2.46. The van der Waals surface area contributed by atoms with Gasteiger partial charge in [0.15, 0.2) is 11.3 Å². The Kier molecular flexibility index (Phi) is 3.65. The summed E-state index contributed by atoms with van der Waals surface area (Å²) >= 11 is 0. The van der Waals surface area contributed by atoms with Gasteiger partial charge in [-0.25, -0.2) is 15.0 Å². The van der Waals surface area contributed by atoms with Crippen LogP contribution in [0.1, 0.15) is 6.92 Å². The van der Waals surface area contributed by atoms with Crippen LogP contribution in [0.2, 0.25) is 0 Å². The molecule has 4 rings (SSSR count). The van der Waals surface area contributed by atoms with Crippen molar-refractivity contribution in [2.75, 3.05) is 6.61 Å². The van der Waals surface area contributed by atoms with Gasteiger partial charge >= 0.3 is 0 Å². The fraction of sp³-hybridized carbons (Fsp3) is 0.125. The molecule has 0 bridgehead atoms. The summed E-state index contributed by atoms with van der Waals surface area (Å²) in [5, 5.41) is 10.1. The summed E-state index contributed by atoms with van der Waals surface area (Å²) in [4.78, 5) is 27.6. The minimum atomic E-state index is -0.369. The van der Waals surface area contributed by atoms with Gasteiger partial charge in [0, 0.05) is 18.0 Å². The van der Waals surface area contributed by atoms with Crippen LogP contribution in [0.15, 0.2) is 41.5 Å². The quantitative estimate of drug-likeness (QED) is 0.580. The molecule has 9 nitrogen and oxygen atoms in total. The van der Waals surface area contributed by atoms with E-state index in [1.807, 2.05) is 19.1 Å². The first-order chi connectivity index (χ1) is 12.3. The van der Waals surface area contributed by atoms with Gasteiger partial charge in [-0.2, -0.15) is 5.21 Å². The van der Waals surface area contributed by atoms with Gasteiger partial charge < -0.3 is 9.72 Å². The molecule has 3 heterocycles. The molecule has 2 N–H and O–H groups in total. The maximum absolute atomic E-state index is 12.1. The third-order valence-electron chi connectivity index (χ3n) is 3.55. The van der Waals surface area contributed by atoms with Gasteiger partial charge in [-0.15, -0.1) is 10.2 Å². The number of aromatic amines is 2. The van der Waals surface area contributed by atoms with Crippen LogP contribution in [0.5, 0.6) is 5.75 Å². The summed E-state index contributed by atoms with van der Waals surface area (Å²) < 4.78 is 5.73. The van der Waals surface area contributed by atoms with Gasteiger partial charge in [-0.1, -0.05) is 6.07 Å². The van der Waals surface area contributed by atoms with Crippen LogP contribution in [0.25, 0.3) is 33.9 Å². The van der Waals surface area contributed by atoms with Crippen LogP contribution in [-0.4, -0.2) is 42.0 Å². The molecule has 4 aromatic rings. The highest BCUT2D eigenvalue weighted by Crippen LogP contribution is 2.31. The Balaban J connectivity index is 1.86. The zero-order chi connectivity index (χ0) is 17.2. The van der Waals surface area contributed by atoms with E-state index in [1.54, 1.807) is 24.5 Å². The predicted octanol–water partition coefficient (Wildman–Crippen LogP) is 1.56. The van der Waals surface area contributed by atoms with Crippen LogP contribution in [0, 0.1) is 0 Å². The SMILES string of the molecule is CCOc1cc(-c2ncccn2)ccc1-c1nc2n[nH]nc2c(=O)[nH]1. The number of nitrogens with one attached hydrogen (secondary N) is 2. The molecule has 0 atom stereocenters. The number of fused-ring (bicyclic) bond motifs is 1. The molecule has 0 aliphatic carbocycles. The van der Waals surface area contributed by atoms with E-state index in [0.29, 0.717) is 29.6 Å². The summed E-state index contributed by atoms with van der Waals surface area (Å²) in [7, 11) is 0. The van der Waals surface area contributed by atoms with Gasteiger partial charge in [0.05, 0.1) is 12.2 Å². The second kappa shape index (κ2) is 6.11. The molecule has 0 radical (unpaired) electrons. The molecule has 0 saturated heterocycles. The molecule has 0 saturated carbocycles. The first kappa shape index (κ1) is 14.9. The van der Waals surface area contributed by atoms with Crippen LogP contribution in [0.3, 0.4) is 0 Å². The van der Waals surface area contributed by atoms with E-state index in [9.17, 15) is 4.79 Å². The number of aromatic nitrogens is 7. The highest BCUT2D eigenvalue weighted by molar-refractivity contribution is 5.75. The minimum absolute atomic E-state index is 0.163. The van der Waals surface area contributed by atoms with E-state index in [-0.39, 0.29) is 16.7 Å². The van der Waals surface area contributed by atoms with E-state index >= 15 is 0 Å². The van der Waals surface area contributed by atoms with Crippen molar-refractivity contribution in [2.24, 2.45) is 0 Å². The predicted molar refractivity (Wildman–Crippen MR) is 89.9 cm³/mol. The van der Waals surface area contributed by atoms with Crippen molar-refractivity contribution in [3.8, 4) is 28.5 Å². The van der Waals surface area contributed by atoms with Crippen LogP contribution in [0.4, 0.5) is 0 Å². The lowest BCUT2D eigenvalue weighted by atomic mass is 10.1. The van der Waals surface area contributed by atoms with Gasteiger partial charge in [0.25, 0.3) is 5.56 Å². The number of ether oxygens (including phenoxy) is 1. The normalized spacial score (nSPS) is 10.9. The number of nitrogens with zero attached hydrogens (tertiary/aromatic N) is 5. The van der Waals surface area contributed by atoms with E-state index < -0.39 is 0 Å². The van der Waals surface area contributed by atoms with Crippen LogP contribution in [-0.2, 0) is 0 Å². The average Bonchev–Trinajstić information content (AvgIpc) is 3.12. The third kappa shape index (κ3) is 2.71. The lowest BCUT2D eigenvalue weighted by Crippen LogP contribution is -2.10. The molecule has 3 aromatic heterocycles. The number of H-pyrrole nitrogens is 2. The third-order valence-corrected chi connectivity index (χ3v) is 3.55. The Morgan fingerprint density at radius 2 is 2.00 bits per heavy atom. The van der Waals surface area contributed by atoms with Crippen LogP contribution >= 0.6 is 0 Å². The van der Waals surface area contributed by atoms with Gasteiger partial charge in [0.1, 0.15) is 11.6 Å². The maximum Gasteiger partial charge on any atom is 0.281 e. The van der Waals surface area contributed by atoms with Crippen molar-refractivity contribution in [1.29, 1.82) is 0 Å². The standard InChI is InChI=1S/C16H13N7O2/c1-2-25-11-8-9(13-17-6-3-7-18-13)4-5-10(11)14-19-15-12(16(24)20-14)21-23-22-15/h3-8H,2H2,1H3,(H2,19,20,21,22,23,24). The second-order valence-corrected chi connectivity index (χ2v) is 5.13. The number of benzene rings is 1. The molecule has 9 heteroatoms. The first-order valence-corrected chi connectivity index (χ1v) is 7.61. The minimum Gasteiger partial charge on any atom is -0.493 e. The van der Waals surface area contributed by atoms with Crippen molar-refractivity contribution in [3.05, 3.63) is 47.0 Å². The lowest BCUT2D eigenvalue weighted by molar-refractivity contribution is 0.341.